The molecule has 3 aromatic carbocycles. The van der Waals surface area contributed by atoms with Gasteiger partial charge in [-0.25, -0.2) is 11.3 Å². The number of hydrogen-bond acceptors (Lipinski definition) is 4. The average molecular weight is 864 g/mol. The molecule has 0 aliphatic rings. The Morgan fingerprint density at radius 3 is 2.08 bits per heavy atom. The first kappa shape index (κ1) is 39.2. The molecule has 0 saturated carbocycles. The monoisotopic (exact) mass is 864 g/mol. The predicted molar refractivity (Wildman–Crippen MR) is 210 cm³/mol. The van der Waals surface area contributed by atoms with Gasteiger partial charge in [-0.15, -0.1) is 23.6 Å². The van der Waals surface area contributed by atoms with E-state index in [-0.39, 0.29) is 43.5 Å². The molecule has 0 atom stereocenters. The molecule has 1 radical (unpaired) electrons. The molecule has 50 heavy (non-hydrogen) atoms. The number of ketones is 1. The fourth-order valence-electron chi connectivity index (χ4n) is 6.80. The third kappa shape index (κ3) is 8.31. The van der Waals surface area contributed by atoms with E-state index in [1.165, 1.54) is 43.9 Å². The minimum atomic E-state index is 0. The number of hydrogen-bond donors (Lipinski definition) is 1. The number of rotatable bonds is 11. The summed E-state index contributed by atoms with van der Waals surface area (Å²) in [5.74, 6) is 2.44. The molecular weight excluding hydrogens is 813 g/mol. The Kier molecular flexibility index (Phi) is 13.8. The largest absolute Gasteiger partial charge is 0.512 e. The normalized spacial score (nSPS) is 12.0. The molecule has 1 N–H and O–H groups in total. The van der Waals surface area contributed by atoms with Crippen LogP contribution < -0.4 is 0 Å². The van der Waals surface area contributed by atoms with Crippen molar-refractivity contribution in [3.63, 3.8) is 0 Å². The van der Waals surface area contributed by atoms with Gasteiger partial charge in [0.05, 0.1) is 17.1 Å². The molecule has 3 aromatic heterocycles. The summed E-state index contributed by atoms with van der Waals surface area (Å²) in [7, 11) is 0. The third-order valence-corrected chi connectivity index (χ3v) is 10.8. The molecule has 6 heteroatoms. The number of carbonyl (C=O) groups is 1. The van der Waals surface area contributed by atoms with Crippen LogP contribution in [-0.2, 0) is 24.9 Å². The minimum absolute atomic E-state index is 0. The van der Waals surface area contributed by atoms with Crippen LogP contribution in [0.25, 0.3) is 48.3 Å². The van der Waals surface area contributed by atoms with Gasteiger partial charge < -0.3 is 9.51 Å². The Balaban J connectivity index is 0.000000301. The number of aliphatic hydroxyl groups is 1. The van der Waals surface area contributed by atoms with Crippen molar-refractivity contribution in [2.24, 2.45) is 11.8 Å². The summed E-state index contributed by atoms with van der Waals surface area (Å²) in [6, 6.07) is 30.0. The summed E-state index contributed by atoms with van der Waals surface area (Å²) in [6.45, 7) is 17.2. The quantitative estimate of drug-likeness (QED) is 0.0802. The van der Waals surface area contributed by atoms with Crippen molar-refractivity contribution in [3.8, 4) is 21.8 Å². The second-order valence-corrected chi connectivity index (χ2v) is 14.7. The third-order valence-electron chi connectivity index (χ3n) is 9.79. The van der Waals surface area contributed by atoms with Gasteiger partial charge in [0.2, 0.25) is 0 Å². The number of nitrogens with zero attached hydrogens (tertiary/aromatic N) is 2. The Morgan fingerprint density at radius 1 is 0.840 bits per heavy atom. The maximum Gasteiger partial charge on any atom is 0.162 e. The van der Waals surface area contributed by atoms with Gasteiger partial charge in [-0.05, 0) is 92.9 Å². The number of allylic oxidation sites excluding steroid dienone is 2. The van der Waals surface area contributed by atoms with E-state index in [0.717, 1.165) is 47.3 Å². The second kappa shape index (κ2) is 17.6. The van der Waals surface area contributed by atoms with Crippen molar-refractivity contribution < 1.29 is 30.0 Å². The van der Waals surface area contributed by atoms with Gasteiger partial charge in [-0.1, -0.05) is 97.9 Å². The predicted octanol–water partition coefficient (Wildman–Crippen LogP) is 13.0. The number of carbonyl (C=O) groups excluding carboxylic acids is 1. The first-order valence-electron chi connectivity index (χ1n) is 18.0. The molecule has 4 nitrogen and oxygen atoms in total. The topological polar surface area (TPSA) is 54.6 Å². The van der Waals surface area contributed by atoms with Gasteiger partial charge in [0.1, 0.15) is 0 Å². The van der Waals surface area contributed by atoms with Gasteiger partial charge in [0.25, 0.3) is 0 Å². The maximum atomic E-state index is 11.7. The molecule has 0 aliphatic carbocycles. The van der Waals surface area contributed by atoms with Gasteiger partial charge in [0.15, 0.2) is 5.78 Å². The van der Waals surface area contributed by atoms with Crippen molar-refractivity contribution in [2.45, 2.75) is 92.9 Å². The van der Waals surface area contributed by atoms with Crippen molar-refractivity contribution in [1.29, 1.82) is 0 Å². The van der Waals surface area contributed by atoms with Crippen molar-refractivity contribution in [1.82, 2.24) is 9.38 Å². The number of thiophene rings is 1. The molecule has 3 heterocycles. The number of benzene rings is 3. The van der Waals surface area contributed by atoms with E-state index in [9.17, 15) is 9.90 Å². The molecule has 0 amide bonds. The molecular formula is C44H51IrN2O2S-. The Labute approximate surface area is 316 Å². The van der Waals surface area contributed by atoms with Gasteiger partial charge in [-0.3, -0.25) is 9.78 Å². The summed E-state index contributed by atoms with van der Waals surface area (Å²) in [5, 5.41) is 12.1. The summed E-state index contributed by atoms with van der Waals surface area (Å²) in [4.78, 5) is 17.6. The van der Waals surface area contributed by atoms with Crippen molar-refractivity contribution in [2.75, 3.05) is 0 Å². The standard InChI is InChI=1S/C31H27N2S.C13H24O2.Ir/c1-19(2)25-9-7-10-26(20(3)4)30(25)23-13-15-27-21(16-23)12-14-24-18-32-31(33(24)27)29-17-22-8-5-6-11-28(22)34-29;1-5-10(6-2)12(14)9-13(15)11(7-3)8-4;/h5-16,18-20H,1-4H3;9-11,14H,5-8H2,1-4H3;/q-1;;/b;12-9-;. The van der Waals surface area contributed by atoms with Crippen LogP contribution in [0, 0.1) is 17.9 Å². The van der Waals surface area contributed by atoms with Crippen LogP contribution in [0.3, 0.4) is 0 Å². The molecule has 0 fully saturated rings. The molecule has 6 rings (SSSR count). The smallest absolute Gasteiger partial charge is 0.162 e. The van der Waals surface area contributed by atoms with Crippen molar-refractivity contribution in [3.05, 3.63) is 108 Å². The van der Waals surface area contributed by atoms with Crippen LogP contribution in [0.2, 0.25) is 0 Å². The minimum Gasteiger partial charge on any atom is -0.512 e. The maximum absolute atomic E-state index is 11.7. The molecule has 0 unspecified atom stereocenters. The number of pyridine rings is 1. The van der Waals surface area contributed by atoms with Crippen LogP contribution in [0.5, 0.6) is 0 Å². The zero-order valence-corrected chi connectivity index (χ0v) is 33.9. The summed E-state index contributed by atoms with van der Waals surface area (Å²) < 4.78 is 3.51. The van der Waals surface area contributed by atoms with Crippen LogP contribution in [0.1, 0.15) is 104 Å². The molecule has 265 valence electrons. The number of fused-ring (bicyclic) bond motifs is 4. The zero-order valence-electron chi connectivity index (χ0n) is 30.7. The van der Waals surface area contributed by atoms with Gasteiger partial charge >= 0.3 is 0 Å². The fraction of sp³-hybridized carbons (Fsp3) is 0.364. The average Bonchev–Trinajstić information content (AvgIpc) is 3.73. The van der Waals surface area contributed by atoms with E-state index in [1.54, 1.807) is 11.3 Å². The van der Waals surface area contributed by atoms with E-state index in [4.69, 9.17) is 4.98 Å². The summed E-state index contributed by atoms with van der Waals surface area (Å²) in [6.07, 6.45) is 6.87. The van der Waals surface area contributed by atoms with Gasteiger partial charge in [-0.2, -0.15) is 0 Å². The Morgan fingerprint density at radius 2 is 1.48 bits per heavy atom. The molecule has 6 aromatic rings. The first-order chi connectivity index (χ1) is 23.6. The Hall–Kier alpha value is -3.57. The summed E-state index contributed by atoms with van der Waals surface area (Å²) >= 11 is 1.75. The molecule has 0 saturated heterocycles. The second-order valence-electron chi connectivity index (χ2n) is 13.6. The van der Waals surface area contributed by atoms with Crippen LogP contribution >= 0.6 is 11.3 Å². The first-order valence-corrected chi connectivity index (χ1v) is 18.8. The SMILES string of the molecule is CC(C)c1cccc(C(C)C)c1-c1ccc2c(ccc3cnc(-c4[c-]c5ccccc5s4)n32)c1.CCC(CC)C(=O)/C=C(\O)C(CC)CC.[Ir]. The number of aromatic nitrogens is 2. The van der Waals surface area contributed by atoms with Gasteiger partial charge in [0, 0.05) is 49.7 Å². The summed E-state index contributed by atoms with van der Waals surface area (Å²) in [5.41, 5.74) is 7.78. The van der Waals surface area contributed by atoms with Crippen LogP contribution in [0.15, 0.2) is 90.8 Å². The number of imidazole rings is 1. The van der Waals surface area contributed by atoms with E-state index in [0.29, 0.717) is 11.8 Å². The van der Waals surface area contributed by atoms with E-state index in [1.807, 2.05) is 33.9 Å². The van der Waals surface area contributed by atoms with Crippen molar-refractivity contribution >= 4 is 43.6 Å². The van der Waals surface area contributed by atoms with Crippen LogP contribution in [0.4, 0.5) is 0 Å². The Bertz CT molecular complexity index is 2020. The molecule has 0 aliphatic heterocycles. The van der Waals surface area contributed by atoms with E-state index in [2.05, 4.69) is 111 Å². The molecule has 0 bridgehead atoms. The fourth-order valence-corrected chi connectivity index (χ4v) is 7.79. The van der Waals surface area contributed by atoms with Crippen LogP contribution in [-0.4, -0.2) is 20.3 Å². The van der Waals surface area contributed by atoms with E-state index < -0.39 is 0 Å². The zero-order chi connectivity index (χ0) is 35.2. The number of aliphatic hydroxyl groups excluding tert-OH is 1. The molecule has 0 spiro atoms. The van der Waals surface area contributed by atoms with E-state index >= 15 is 0 Å².